The van der Waals surface area contributed by atoms with Crippen molar-refractivity contribution < 1.29 is 8.83 Å². The van der Waals surface area contributed by atoms with Crippen LogP contribution in [-0.4, -0.2) is 4.98 Å². The molecule has 0 radical (unpaired) electrons. The van der Waals surface area contributed by atoms with Crippen molar-refractivity contribution in [1.82, 2.24) is 4.98 Å². The van der Waals surface area contributed by atoms with Crippen LogP contribution in [0.3, 0.4) is 0 Å². The average molecular weight is 655 g/mol. The standard InChI is InChI=1S/C47H30N2O2/c1-3-10-31(11-4-1)33-18-23-37(24-19-33)49(39-27-20-32-12-7-8-15-36(32)28-39)38-25-21-34(22-26-38)40-16-9-17-43-46(40)41-29-42-45(30-44(41)50-43)51-47(48-42)35-13-5-2-6-14-35/h1-30H. The highest BCUT2D eigenvalue weighted by Crippen LogP contribution is 2.41. The largest absolute Gasteiger partial charge is 0.456 e. The van der Waals surface area contributed by atoms with Crippen LogP contribution in [0, 0.1) is 0 Å². The number of rotatable bonds is 6. The maximum atomic E-state index is 6.40. The van der Waals surface area contributed by atoms with Crippen LogP contribution in [-0.2, 0) is 0 Å². The first-order valence-electron chi connectivity index (χ1n) is 17.1. The SMILES string of the molecule is c1ccc(-c2ccc(N(c3ccc(-c4cccc5oc6cc7oc(-c8ccccc8)nc7cc6c45)cc3)c3ccc4ccccc4c3)cc2)cc1. The van der Waals surface area contributed by atoms with Gasteiger partial charge >= 0.3 is 0 Å². The second-order valence-corrected chi connectivity index (χ2v) is 12.8. The number of anilines is 3. The minimum atomic E-state index is 0.601. The van der Waals surface area contributed by atoms with E-state index in [2.05, 4.69) is 144 Å². The second-order valence-electron chi connectivity index (χ2n) is 12.8. The fourth-order valence-corrected chi connectivity index (χ4v) is 7.18. The van der Waals surface area contributed by atoms with Gasteiger partial charge in [-0.2, -0.15) is 0 Å². The van der Waals surface area contributed by atoms with Gasteiger partial charge in [0.05, 0.1) is 0 Å². The number of hydrogen-bond donors (Lipinski definition) is 0. The van der Waals surface area contributed by atoms with Crippen LogP contribution in [0.5, 0.6) is 0 Å². The Morgan fingerprint density at radius 2 is 1.02 bits per heavy atom. The zero-order valence-corrected chi connectivity index (χ0v) is 27.5. The summed E-state index contributed by atoms with van der Waals surface area (Å²) in [5, 5.41) is 4.50. The molecule has 51 heavy (non-hydrogen) atoms. The van der Waals surface area contributed by atoms with Crippen molar-refractivity contribution in [1.29, 1.82) is 0 Å². The van der Waals surface area contributed by atoms with Crippen molar-refractivity contribution in [2.24, 2.45) is 0 Å². The number of benzene rings is 8. The molecule has 0 amide bonds. The molecule has 4 heteroatoms. The molecule has 0 saturated heterocycles. The summed E-state index contributed by atoms with van der Waals surface area (Å²) in [5.41, 5.74) is 11.9. The van der Waals surface area contributed by atoms with Gasteiger partial charge < -0.3 is 13.7 Å². The van der Waals surface area contributed by atoms with Crippen LogP contribution in [0.15, 0.2) is 191 Å². The van der Waals surface area contributed by atoms with E-state index in [0.717, 1.165) is 61.2 Å². The van der Waals surface area contributed by atoms with E-state index in [9.17, 15) is 0 Å². The Kier molecular flexibility index (Phi) is 6.78. The van der Waals surface area contributed by atoms with Crippen LogP contribution in [0.4, 0.5) is 17.1 Å². The molecule has 0 spiro atoms. The van der Waals surface area contributed by atoms with Crippen LogP contribution < -0.4 is 4.90 Å². The Labute approximate surface area is 294 Å². The molecular weight excluding hydrogens is 625 g/mol. The lowest BCUT2D eigenvalue weighted by Crippen LogP contribution is -2.09. The summed E-state index contributed by atoms with van der Waals surface area (Å²) < 4.78 is 12.6. The van der Waals surface area contributed by atoms with Gasteiger partial charge in [-0.1, -0.05) is 115 Å². The highest BCUT2D eigenvalue weighted by atomic mass is 16.4. The molecule has 8 aromatic carbocycles. The summed E-state index contributed by atoms with van der Waals surface area (Å²) in [5.74, 6) is 0.601. The number of fused-ring (bicyclic) bond motifs is 5. The van der Waals surface area contributed by atoms with Crippen molar-refractivity contribution >= 4 is 60.9 Å². The smallest absolute Gasteiger partial charge is 0.227 e. The maximum Gasteiger partial charge on any atom is 0.227 e. The normalized spacial score (nSPS) is 11.5. The van der Waals surface area contributed by atoms with E-state index >= 15 is 0 Å². The van der Waals surface area contributed by atoms with Crippen LogP contribution in [0.2, 0.25) is 0 Å². The molecule has 2 heterocycles. The fourth-order valence-electron chi connectivity index (χ4n) is 7.18. The molecule has 0 N–H and O–H groups in total. The minimum absolute atomic E-state index is 0.601. The fraction of sp³-hybridized carbons (Fsp3) is 0. The molecule has 0 aliphatic carbocycles. The van der Waals surface area contributed by atoms with E-state index in [0.29, 0.717) is 11.5 Å². The van der Waals surface area contributed by atoms with E-state index in [1.165, 1.54) is 21.9 Å². The van der Waals surface area contributed by atoms with E-state index in [-0.39, 0.29) is 0 Å². The maximum absolute atomic E-state index is 6.40. The molecular formula is C47H30N2O2. The van der Waals surface area contributed by atoms with Crippen LogP contribution in [0.1, 0.15) is 0 Å². The third kappa shape index (κ3) is 5.13. The lowest BCUT2D eigenvalue weighted by molar-refractivity contribution is 0.617. The van der Waals surface area contributed by atoms with Gasteiger partial charge in [-0.25, -0.2) is 4.98 Å². The van der Waals surface area contributed by atoms with Gasteiger partial charge in [0.1, 0.15) is 16.7 Å². The first-order chi connectivity index (χ1) is 25.2. The van der Waals surface area contributed by atoms with E-state index < -0.39 is 0 Å². The van der Waals surface area contributed by atoms with E-state index in [1.54, 1.807) is 0 Å². The Morgan fingerprint density at radius 3 is 1.76 bits per heavy atom. The van der Waals surface area contributed by atoms with Crippen LogP contribution >= 0.6 is 0 Å². The van der Waals surface area contributed by atoms with Gasteiger partial charge in [0, 0.05) is 39.5 Å². The molecule has 0 unspecified atom stereocenters. The quantitative estimate of drug-likeness (QED) is 0.179. The molecule has 0 atom stereocenters. The predicted octanol–water partition coefficient (Wildman–Crippen LogP) is 13.4. The summed E-state index contributed by atoms with van der Waals surface area (Å²) in [6.45, 7) is 0. The third-order valence-electron chi connectivity index (χ3n) is 9.69. The van der Waals surface area contributed by atoms with Gasteiger partial charge in [-0.05, 0) is 93.7 Å². The Balaban J connectivity index is 1.07. The van der Waals surface area contributed by atoms with Crippen molar-refractivity contribution in [3.63, 3.8) is 0 Å². The van der Waals surface area contributed by atoms with E-state index in [4.69, 9.17) is 13.8 Å². The minimum Gasteiger partial charge on any atom is -0.456 e. The van der Waals surface area contributed by atoms with Crippen LogP contribution in [0.25, 0.3) is 77.5 Å². The predicted molar refractivity (Wildman–Crippen MR) is 210 cm³/mol. The van der Waals surface area contributed by atoms with Gasteiger partial charge in [0.25, 0.3) is 0 Å². The first kappa shape index (κ1) is 29.0. The molecule has 0 aliphatic heterocycles. The van der Waals surface area contributed by atoms with Gasteiger partial charge in [-0.15, -0.1) is 0 Å². The Bertz CT molecular complexity index is 2840. The number of nitrogens with zero attached hydrogens (tertiary/aromatic N) is 2. The van der Waals surface area contributed by atoms with Crippen molar-refractivity contribution in [3.05, 3.63) is 182 Å². The summed E-state index contributed by atoms with van der Waals surface area (Å²) in [6.07, 6.45) is 0. The van der Waals surface area contributed by atoms with Crippen molar-refractivity contribution in [2.75, 3.05) is 4.90 Å². The van der Waals surface area contributed by atoms with Gasteiger partial charge in [-0.3, -0.25) is 0 Å². The molecule has 240 valence electrons. The highest BCUT2D eigenvalue weighted by Gasteiger charge is 2.18. The zero-order chi connectivity index (χ0) is 33.7. The number of oxazole rings is 1. The molecule has 2 aromatic heterocycles. The highest BCUT2D eigenvalue weighted by molar-refractivity contribution is 6.15. The molecule has 0 bridgehead atoms. The number of hydrogen-bond acceptors (Lipinski definition) is 4. The van der Waals surface area contributed by atoms with E-state index in [1.807, 2.05) is 42.5 Å². The summed E-state index contributed by atoms with van der Waals surface area (Å²) in [7, 11) is 0. The molecule has 10 aromatic rings. The number of aromatic nitrogens is 1. The third-order valence-corrected chi connectivity index (χ3v) is 9.69. The summed E-state index contributed by atoms with van der Waals surface area (Å²) in [4.78, 5) is 7.16. The number of furan rings is 1. The summed E-state index contributed by atoms with van der Waals surface area (Å²) >= 11 is 0. The Morgan fingerprint density at radius 1 is 0.392 bits per heavy atom. The topological polar surface area (TPSA) is 42.4 Å². The lowest BCUT2D eigenvalue weighted by Gasteiger charge is -2.26. The van der Waals surface area contributed by atoms with Gasteiger partial charge in [0.2, 0.25) is 5.89 Å². The second kappa shape index (κ2) is 11.9. The average Bonchev–Trinajstić information content (AvgIpc) is 3.79. The Hall–Kier alpha value is -6.91. The zero-order valence-electron chi connectivity index (χ0n) is 27.5. The molecule has 4 nitrogen and oxygen atoms in total. The monoisotopic (exact) mass is 654 g/mol. The lowest BCUT2D eigenvalue weighted by atomic mass is 9.98. The molecule has 0 saturated carbocycles. The first-order valence-corrected chi connectivity index (χ1v) is 17.1. The van der Waals surface area contributed by atoms with Crippen molar-refractivity contribution in [2.45, 2.75) is 0 Å². The molecule has 0 aliphatic rings. The summed E-state index contributed by atoms with van der Waals surface area (Å²) in [6, 6.07) is 63.6. The van der Waals surface area contributed by atoms with Gasteiger partial charge in [0.15, 0.2) is 5.58 Å². The molecule has 10 rings (SSSR count). The molecule has 0 fully saturated rings. The van der Waals surface area contributed by atoms with Crippen molar-refractivity contribution in [3.8, 4) is 33.7 Å².